The molecule has 1 atom stereocenters. The van der Waals surface area contributed by atoms with Gasteiger partial charge in [-0.15, -0.1) is 0 Å². The molecule has 1 unspecified atom stereocenters. The molecule has 0 radical (unpaired) electrons. The number of rotatable bonds is 5. The Bertz CT molecular complexity index is 512. The molecule has 3 heteroatoms. The number of fused-ring (bicyclic) bond motifs is 2. The van der Waals surface area contributed by atoms with Gasteiger partial charge < -0.3 is 10.6 Å². The summed E-state index contributed by atoms with van der Waals surface area (Å²) in [6.45, 7) is 1.000. The van der Waals surface area contributed by atoms with Crippen molar-refractivity contribution < 1.29 is 4.79 Å². The summed E-state index contributed by atoms with van der Waals surface area (Å²) in [7, 11) is 1.95. The summed E-state index contributed by atoms with van der Waals surface area (Å²) in [6, 6.07) is 15.5. The van der Waals surface area contributed by atoms with Crippen molar-refractivity contribution in [1.29, 1.82) is 0 Å². The summed E-state index contributed by atoms with van der Waals surface area (Å²) in [5, 5.41) is 6.47. The van der Waals surface area contributed by atoms with Crippen LogP contribution in [0.25, 0.3) is 0 Å². The number of carbonyl (C=O) groups excluding carboxylic acids is 1. The van der Waals surface area contributed by atoms with Gasteiger partial charge in [0, 0.05) is 11.3 Å². The fraction of sp³-hybridized carbons (Fsp3) is 0.353. The van der Waals surface area contributed by atoms with Crippen molar-refractivity contribution in [2.45, 2.75) is 25.3 Å². The van der Waals surface area contributed by atoms with E-state index in [-0.39, 0.29) is 11.8 Å². The molecule has 1 aromatic rings. The number of unbranched alkanes of at least 4 members (excludes halogenated alkanes) is 1. The van der Waals surface area contributed by atoms with Gasteiger partial charge in [-0.05, 0) is 45.0 Å². The molecule has 1 heterocycles. The largest absolute Gasteiger partial charge is 0.375 e. The molecule has 2 bridgehead atoms. The lowest BCUT2D eigenvalue weighted by molar-refractivity contribution is 0.0962. The van der Waals surface area contributed by atoms with Crippen molar-refractivity contribution in [2.24, 2.45) is 0 Å². The Morgan fingerprint density at radius 3 is 2.65 bits per heavy atom. The summed E-state index contributed by atoms with van der Waals surface area (Å²) in [4.78, 5) is 12.4. The van der Waals surface area contributed by atoms with Crippen LogP contribution in [0.5, 0.6) is 0 Å². The summed E-state index contributed by atoms with van der Waals surface area (Å²) in [6.07, 6.45) is 3.02. The summed E-state index contributed by atoms with van der Waals surface area (Å²) in [5.74, 6) is 0.195. The molecule has 1 aliphatic heterocycles. The number of ketones is 1. The molecular formula is C17H22N2O. The topological polar surface area (TPSA) is 41.1 Å². The maximum atomic E-state index is 12.4. The Kier molecular flexibility index (Phi) is 5.56. The third-order valence-corrected chi connectivity index (χ3v) is 3.42. The highest BCUT2D eigenvalue weighted by molar-refractivity contribution is 6.03. The molecule has 1 aromatic carbocycles. The van der Waals surface area contributed by atoms with Crippen molar-refractivity contribution in [1.82, 2.24) is 5.32 Å². The molecule has 0 aromatic heterocycles. The van der Waals surface area contributed by atoms with Gasteiger partial charge in [0.25, 0.3) is 0 Å². The molecule has 106 valence electrons. The third-order valence-electron chi connectivity index (χ3n) is 3.42. The van der Waals surface area contributed by atoms with Gasteiger partial charge in [0.1, 0.15) is 0 Å². The van der Waals surface area contributed by atoms with Crippen molar-refractivity contribution in [3.8, 4) is 0 Å². The summed E-state index contributed by atoms with van der Waals surface area (Å²) < 4.78 is 0. The molecule has 0 fully saturated rings. The van der Waals surface area contributed by atoms with Crippen LogP contribution >= 0.6 is 0 Å². The minimum atomic E-state index is -0.0976. The fourth-order valence-corrected chi connectivity index (χ4v) is 2.34. The van der Waals surface area contributed by atoms with Crippen molar-refractivity contribution in [3.05, 3.63) is 54.1 Å². The lowest BCUT2D eigenvalue weighted by Gasteiger charge is -2.22. The number of hydrogen-bond donors (Lipinski definition) is 2. The van der Waals surface area contributed by atoms with Gasteiger partial charge >= 0.3 is 0 Å². The standard InChI is InChI=1S/C17H22N2O/c1-18-12-8-7-11-16-17(20)14-9-5-3-2-4-6-10-15(13-14)19-16/h2-6,9-10,13,16,18-19H,7-8,11-12H2,1H3. The maximum Gasteiger partial charge on any atom is 0.185 e. The monoisotopic (exact) mass is 270 g/mol. The first-order valence-corrected chi connectivity index (χ1v) is 7.20. The normalized spacial score (nSPS) is 16.2. The van der Waals surface area contributed by atoms with Crippen LogP contribution in [0.1, 0.15) is 29.6 Å². The Morgan fingerprint density at radius 1 is 1.10 bits per heavy atom. The molecule has 20 heavy (non-hydrogen) atoms. The molecule has 3 nitrogen and oxygen atoms in total. The van der Waals surface area contributed by atoms with Gasteiger partial charge in [-0.25, -0.2) is 0 Å². The Morgan fingerprint density at radius 2 is 1.85 bits per heavy atom. The lowest BCUT2D eigenvalue weighted by Crippen LogP contribution is -2.32. The van der Waals surface area contributed by atoms with Crippen molar-refractivity contribution in [2.75, 3.05) is 18.9 Å². The Labute approximate surface area is 120 Å². The number of Topliss-reactive ketones (excluding diaryl/α,β-unsaturated/α-hetero) is 1. The Balaban J connectivity index is 2.15. The Hall–Kier alpha value is -1.87. The van der Waals surface area contributed by atoms with Crippen LogP contribution in [0.4, 0.5) is 5.69 Å². The lowest BCUT2D eigenvalue weighted by atomic mass is 9.96. The smallest absolute Gasteiger partial charge is 0.185 e. The quantitative estimate of drug-likeness (QED) is 0.807. The number of hydrogen-bond acceptors (Lipinski definition) is 3. The summed E-state index contributed by atoms with van der Waals surface area (Å²) >= 11 is 0. The molecule has 2 N–H and O–H groups in total. The zero-order valence-corrected chi connectivity index (χ0v) is 11.9. The van der Waals surface area contributed by atoms with Crippen LogP contribution in [0, 0.1) is 0 Å². The second kappa shape index (κ2) is 7.65. The van der Waals surface area contributed by atoms with E-state index in [0.717, 1.165) is 37.1 Å². The van der Waals surface area contributed by atoms with Crippen LogP contribution in [0.15, 0.2) is 48.5 Å². The number of nitrogens with one attached hydrogen (secondary N) is 2. The number of carbonyl (C=O) groups is 1. The van der Waals surface area contributed by atoms with E-state index in [4.69, 9.17) is 0 Å². The van der Waals surface area contributed by atoms with E-state index < -0.39 is 0 Å². The van der Waals surface area contributed by atoms with Gasteiger partial charge in [-0.1, -0.05) is 36.4 Å². The van der Waals surface area contributed by atoms with E-state index in [1.165, 1.54) is 0 Å². The third kappa shape index (κ3) is 4.07. The van der Waals surface area contributed by atoms with Crippen LogP contribution in [0.2, 0.25) is 0 Å². The average Bonchev–Trinajstić information content (AvgIpc) is 2.46. The highest BCUT2D eigenvalue weighted by Gasteiger charge is 2.22. The first-order chi connectivity index (χ1) is 9.81. The van der Waals surface area contributed by atoms with E-state index in [9.17, 15) is 4.79 Å². The van der Waals surface area contributed by atoms with E-state index in [0.29, 0.717) is 0 Å². The molecule has 0 saturated carbocycles. The SMILES string of the molecule is CNCCCCC1Nc2cccccccc(c2)C1=O. The molecule has 2 rings (SSSR count). The predicted octanol–water partition coefficient (Wildman–Crippen LogP) is 3.18. The second-order valence-corrected chi connectivity index (χ2v) is 5.01. The van der Waals surface area contributed by atoms with E-state index in [1.807, 2.05) is 55.6 Å². The fourth-order valence-electron chi connectivity index (χ4n) is 2.34. The van der Waals surface area contributed by atoms with Crippen LogP contribution in [-0.4, -0.2) is 25.4 Å². The van der Waals surface area contributed by atoms with Crippen LogP contribution in [-0.2, 0) is 0 Å². The van der Waals surface area contributed by atoms with Gasteiger partial charge in [-0.2, -0.15) is 0 Å². The zero-order valence-electron chi connectivity index (χ0n) is 11.9. The van der Waals surface area contributed by atoms with Crippen molar-refractivity contribution in [3.63, 3.8) is 0 Å². The minimum Gasteiger partial charge on any atom is -0.375 e. The highest BCUT2D eigenvalue weighted by atomic mass is 16.1. The van der Waals surface area contributed by atoms with E-state index >= 15 is 0 Å². The van der Waals surface area contributed by atoms with E-state index in [1.54, 1.807) is 0 Å². The molecule has 0 spiro atoms. The average molecular weight is 270 g/mol. The van der Waals surface area contributed by atoms with Gasteiger partial charge in [0.15, 0.2) is 5.78 Å². The van der Waals surface area contributed by atoms with Crippen LogP contribution < -0.4 is 10.6 Å². The minimum absolute atomic E-state index is 0.0976. The first-order valence-electron chi connectivity index (χ1n) is 7.20. The molecule has 0 amide bonds. The molecular weight excluding hydrogens is 248 g/mol. The maximum absolute atomic E-state index is 12.4. The molecule has 0 aliphatic carbocycles. The van der Waals surface area contributed by atoms with Crippen LogP contribution in [0.3, 0.4) is 0 Å². The van der Waals surface area contributed by atoms with Gasteiger partial charge in [0.2, 0.25) is 0 Å². The highest BCUT2D eigenvalue weighted by Crippen LogP contribution is 2.20. The predicted molar refractivity (Wildman–Crippen MR) is 83.6 cm³/mol. The van der Waals surface area contributed by atoms with Gasteiger partial charge in [-0.3, -0.25) is 4.79 Å². The second-order valence-electron chi connectivity index (χ2n) is 5.01. The first kappa shape index (κ1) is 14.5. The van der Waals surface area contributed by atoms with E-state index in [2.05, 4.69) is 10.6 Å². The van der Waals surface area contributed by atoms with Crippen molar-refractivity contribution >= 4 is 11.5 Å². The molecule has 1 aliphatic rings. The molecule has 0 saturated heterocycles. The summed E-state index contributed by atoms with van der Waals surface area (Å²) in [5.41, 5.74) is 1.79. The zero-order chi connectivity index (χ0) is 14.2. The van der Waals surface area contributed by atoms with Gasteiger partial charge in [0.05, 0.1) is 6.04 Å². The number of anilines is 1.